The van der Waals surface area contributed by atoms with Crippen molar-refractivity contribution >= 4 is 5.91 Å². The second-order valence-corrected chi connectivity index (χ2v) is 5.48. The van der Waals surface area contributed by atoms with Crippen molar-refractivity contribution in [2.45, 2.75) is 39.7 Å². The summed E-state index contributed by atoms with van der Waals surface area (Å²) in [4.78, 5) is 13.3. The van der Waals surface area contributed by atoms with Crippen LogP contribution in [0.1, 0.15) is 34.1 Å². The molecule has 1 N–H and O–H groups in total. The van der Waals surface area contributed by atoms with Crippen molar-refractivity contribution in [3.05, 3.63) is 0 Å². The van der Waals surface area contributed by atoms with Gasteiger partial charge in [-0.1, -0.05) is 20.8 Å². The van der Waals surface area contributed by atoms with Gasteiger partial charge in [-0.2, -0.15) is 0 Å². The zero-order chi connectivity index (χ0) is 10.3. The number of rotatable bonds is 1. The minimum absolute atomic E-state index is 0.0402. The molecule has 0 aromatic rings. The zero-order valence-corrected chi connectivity index (χ0v) is 8.92. The lowest BCUT2D eigenvalue weighted by atomic mass is 9.89. The van der Waals surface area contributed by atoms with E-state index in [1.807, 2.05) is 20.8 Å². The van der Waals surface area contributed by atoms with E-state index in [1.54, 1.807) is 11.8 Å². The van der Waals surface area contributed by atoms with Gasteiger partial charge in [-0.05, 0) is 12.3 Å². The topological polar surface area (TPSA) is 40.5 Å². The lowest BCUT2D eigenvalue weighted by molar-refractivity contribution is -0.154. The first-order chi connectivity index (χ1) is 5.70. The summed E-state index contributed by atoms with van der Waals surface area (Å²) in [6.45, 7) is 8.87. The van der Waals surface area contributed by atoms with Crippen LogP contribution in [0.3, 0.4) is 0 Å². The molecule has 0 unspecified atom stereocenters. The van der Waals surface area contributed by atoms with Crippen molar-refractivity contribution < 1.29 is 9.90 Å². The average molecular weight is 185 g/mol. The van der Waals surface area contributed by atoms with Gasteiger partial charge >= 0.3 is 0 Å². The summed E-state index contributed by atoms with van der Waals surface area (Å²) in [6.07, 6.45) is 0.559. The lowest BCUT2D eigenvalue weighted by Gasteiger charge is -2.45. The van der Waals surface area contributed by atoms with Crippen molar-refractivity contribution in [3.8, 4) is 0 Å². The first-order valence-electron chi connectivity index (χ1n) is 4.70. The molecule has 3 heteroatoms. The number of nitrogens with zero attached hydrogens (tertiary/aromatic N) is 1. The van der Waals surface area contributed by atoms with Gasteiger partial charge in [0, 0.05) is 6.42 Å². The summed E-state index contributed by atoms with van der Waals surface area (Å²) >= 11 is 0. The largest absolute Gasteiger partial charge is 0.386 e. The third kappa shape index (κ3) is 2.99. The molecule has 0 saturated carbocycles. The summed E-state index contributed by atoms with van der Waals surface area (Å²) in [7, 11) is 0. The number of hydrogen-bond donors (Lipinski definition) is 1. The molecule has 0 aliphatic carbocycles. The van der Waals surface area contributed by atoms with Crippen LogP contribution in [-0.4, -0.2) is 34.6 Å². The quantitative estimate of drug-likeness (QED) is 0.662. The molecule has 1 heterocycles. The molecule has 0 aromatic heterocycles. The molecule has 1 aliphatic heterocycles. The molecule has 0 bridgehead atoms. The van der Waals surface area contributed by atoms with Gasteiger partial charge in [0.25, 0.3) is 0 Å². The molecule has 0 atom stereocenters. The van der Waals surface area contributed by atoms with E-state index < -0.39 is 5.60 Å². The van der Waals surface area contributed by atoms with Crippen LogP contribution in [0.25, 0.3) is 0 Å². The van der Waals surface area contributed by atoms with Crippen LogP contribution < -0.4 is 0 Å². The SMILES string of the molecule is CC(C)(C)CC(=O)N1CC(C)(O)C1. The van der Waals surface area contributed by atoms with Crippen LogP contribution in [0.15, 0.2) is 0 Å². The molecule has 3 nitrogen and oxygen atoms in total. The fourth-order valence-electron chi connectivity index (χ4n) is 1.52. The Balaban J connectivity index is 2.36. The molecule has 1 aliphatic rings. The highest BCUT2D eigenvalue weighted by atomic mass is 16.3. The Kier molecular flexibility index (Phi) is 2.41. The molecular weight excluding hydrogens is 166 g/mol. The van der Waals surface area contributed by atoms with Gasteiger partial charge in [0.2, 0.25) is 5.91 Å². The summed E-state index contributed by atoms with van der Waals surface area (Å²) in [5.41, 5.74) is -0.605. The number of carbonyl (C=O) groups is 1. The normalized spacial score (nSPS) is 21.2. The van der Waals surface area contributed by atoms with Crippen LogP contribution in [0, 0.1) is 5.41 Å². The highest BCUT2D eigenvalue weighted by Gasteiger charge is 2.39. The molecule has 1 amide bonds. The molecule has 0 radical (unpaired) electrons. The number of likely N-dealkylation sites (tertiary alicyclic amines) is 1. The third-order valence-electron chi connectivity index (χ3n) is 2.10. The van der Waals surface area contributed by atoms with E-state index in [0.717, 1.165) is 0 Å². The summed E-state index contributed by atoms with van der Waals surface area (Å²) in [5.74, 6) is 0.152. The monoisotopic (exact) mass is 185 g/mol. The van der Waals surface area contributed by atoms with E-state index in [1.165, 1.54) is 0 Å². The summed E-state index contributed by atoms with van der Waals surface area (Å²) in [6, 6.07) is 0. The molecule has 76 valence electrons. The molecular formula is C10H19NO2. The summed E-state index contributed by atoms with van der Waals surface area (Å²) in [5, 5.41) is 9.44. The first kappa shape index (κ1) is 10.5. The lowest BCUT2D eigenvalue weighted by Crippen LogP contribution is -2.62. The molecule has 1 rings (SSSR count). The Morgan fingerprint density at radius 2 is 1.92 bits per heavy atom. The highest BCUT2D eigenvalue weighted by molar-refractivity contribution is 5.78. The number of amides is 1. The number of hydrogen-bond acceptors (Lipinski definition) is 2. The molecule has 1 saturated heterocycles. The fourth-order valence-corrected chi connectivity index (χ4v) is 1.52. The Bertz CT molecular complexity index is 207. The van der Waals surface area contributed by atoms with E-state index in [2.05, 4.69) is 0 Å². The van der Waals surface area contributed by atoms with Crippen LogP contribution in [-0.2, 0) is 4.79 Å². The van der Waals surface area contributed by atoms with Crippen LogP contribution >= 0.6 is 0 Å². The maximum atomic E-state index is 11.5. The maximum absolute atomic E-state index is 11.5. The van der Waals surface area contributed by atoms with E-state index >= 15 is 0 Å². The number of β-amino-alcohol motifs (C(OH)–C–C–N with tert-alkyl or cyclic N) is 1. The Hall–Kier alpha value is -0.570. The van der Waals surface area contributed by atoms with Gasteiger partial charge in [0.1, 0.15) is 0 Å². The van der Waals surface area contributed by atoms with E-state index in [-0.39, 0.29) is 11.3 Å². The van der Waals surface area contributed by atoms with Gasteiger partial charge in [-0.15, -0.1) is 0 Å². The number of carbonyl (C=O) groups excluding carboxylic acids is 1. The van der Waals surface area contributed by atoms with E-state index in [9.17, 15) is 9.90 Å². The summed E-state index contributed by atoms with van der Waals surface area (Å²) < 4.78 is 0. The fraction of sp³-hybridized carbons (Fsp3) is 0.900. The van der Waals surface area contributed by atoms with E-state index in [4.69, 9.17) is 0 Å². The standard InChI is InChI=1S/C10H19NO2/c1-9(2,3)5-8(12)11-6-10(4,13)7-11/h13H,5-7H2,1-4H3. The average Bonchev–Trinajstić information content (AvgIpc) is 1.77. The zero-order valence-electron chi connectivity index (χ0n) is 8.92. The van der Waals surface area contributed by atoms with Gasteiger partial charge in [0.15, 0.2) is 0 Å². The Labute approximate surface area is 79.7 Å². The minimum Gasteiger partial charge on any atom is -0.386 e. The second-order valence-electron chi connectivity index (χ2n) is 5.48. The van der Waals surface area contributed by atoms with Crippen molar-refractivity contribution in [1.82, 2.24) is 4.90 Å². The third-order valence-corrected chi connectivity index (χ3v) is 2.10. The molecule has 0 spiro atoms. The number of aliphatic hydroxyl groups is 1. The predicted octanol–water partition coefficient (Wildman–Crippen LogP) is 1.02. The van der Waals surface area contributed by atoms with E-state index in [0.29, 0.717) is 19.5 Å². The van der Waals surface area contributed by atoms with Crippen molar-refractivity contribution in [3.63, 3.8) is 0 Å². The maximum Gasteiger partial charge on any atom is 0.223 e. The van der Waals surface area contributed by atoms with Gasteiger partial charge in [-0.3, -0.25) is 4.79 Å². The Morgan fingerprint density at radius 1 is 1.46 bits per heavy atom. The molecule has 0 aromatic carbocycles. The van der Waals surface area contributed by atoms with Gasteiger partial charge in [0.05, 0.1) is 18.7 Å². The van der Waals surface area contributed by atoms with Crippen LogP contribution in [0.2, 0.25) is 0 Å². The van der Waals surface area contributed by atoms with Crippen molar-refractivity contribution in [1.29, 1.82) is 0 Å². The van der Waals surface area contributed by atoms with Crippen molar-refractivity contribution in [2.24, 2.45) is 5.41 Å². The minimum atomic E-state index is -0.645. The van der Waals surface area contributed by atoms with Crippen LogP contribution in [0.5, 0.6) is 0 Å². The van der Waals surface area contributed by atoms with Crippen LogP contribution in [0.4, 0.5) is 0 Å². The second kappa shape index (κ2) is 2.98. The Morgan fingerprint density at radius 3 is 2.23 bits per heavy atom. The van der Waals surface area contributed by atoms with Gasteiger partial charge in [-0.25, -0.2) is 0 Å². The predicted molar refractivity (Wildman–Crippen MR) is 51.3 cm³/mol. The molecule has 1 fully saturated rings. The highest BCUT2D eigenvalue weighted by Crippen LogP contribution is 2.25. The molecule has 13 heavy (non-hydrogen) atoms. The smallest absolute Gasteiger partial charge is 0.223 e. The van der Waals surface area contributed by atoms with Crippen molar-refractivity contribution in [2.75, 3.05) is 13.1 Å². The van der Waals surface area contributed by atoms with Gasteiger partial charge < -0.3 is 10.0 Å². The first-order valence-corrected chi connectivity index (χ1v) is 4.70.